The summed E-state index contributed by atoms with van der Waals surface area (Å²) in [7, 11) is 4.07. The lowest BCUT2D eigenvalue weighted by atomic mass is 10.2. The Morgan fingerprint density at radius 2 is 2.23 bits per heavy atom. The molecule has 3 N–H and O–H groups in total. The first-order valence-corrected chi connectivity index (χ1v) is 4.20. The largest absolute Gasteiger partial charge is 0.480 e. The fraction of sp³-hybridized carbons (Fsp3) is 0.875. The summed E-state index contributed by atoms with van der Waals surface area (Å²) < 4.78 is 0. The second kappa shape index (κ2) is 5.16. The zero-order valence-corrected chi connectivity index (χ0v) is 8.16. The van der Waals surface area contributed by atoms with Crippen molar-refractivity contribution in [2.45, 2.75) is 12.5 Å². The van der Waals surface area contributed by atoms with Crippen molar-refractivity contribution in [2.75, 3.05) is 33.7 Å². The molecule has 1 rings (SSSR count). The van der Waals surface area contributed by atoms with E-state index in [1.807, 2.05) is 19.0 Å². The molecule has 0 aromatic heterocycles. The highest BCUT2D eigenvalue weighted by molar-refractivity contribution is 5.69. The predicted molar refractivity (Wildman–Crippen MR) is 49.8 cm³/mol. The third-order valence-corrected chi connectivity index (χ3v) is 2.34. The smallest absolute Gasteiger partial charge is 0.317 e. The standard InChI is InChI=1S/C8H16N2O2.H2O/c1-9(2)7-3-4-10(5-7)6-8(11)12;/h7H,3-6H2,1-2H3,(H,11,12);1H2. The van der Waals surface area contributed by atoms with Crippen LogP contribution in [0.25, 0.3) is 0 Å². The number of carbonyl (C=O) groups is 1. The molecule has 1 fully saturated rings. The van der Waals surface area contributed by atoms with Gasteiger partial charge in [0.05, 0.1) is 6.54 Å². The number of hydrogen-bond acceptors (Lipinski definition) is 3. The third kappa shape index (κ3) is 3.71. The van der Waals surface area contributed by atoms with Crippen molar-refractivity contribution in [1.29, 1.82) is 0 Å². The second-order valence-electron chi connectivity index (χ2n) is 3.53. The lowest BCUT2D eigenvalue weighted by Crippen LogP contribution is -2.33. The summed E-state index contributed by atoms with van der Waals surface area (Å²) in [4.78, 5) is 14.5. The van der Waals surface area contributed by atoms with Crippen molar-refractivity contribution in [2.24, 2.45) is 0 Å². The quantitative estimate of drug-likeness (QED) is 0.612. The highest BCUT2D eigenvalue weighted by Crippen LogP contribution is 2.11. The summed E-state index contributed by atoms with van der Waals surface area (Å²) in [6.45, 7) is 1.98. The maximum absolute atomic E-state index is 10.4. The van der Waals surface area contributed by atoms with E-state index in [0.717, 1.165) is 19.5 Å². The molecule has 0 aromatic rings. The first-order chi connectivity index (χ1) is 5.59. The van der Waals surface area contributed by atoms with Gasteiger partial charge in [-0.3, -0.25) is 9.69 Å². The summed E-state index contributed by atoms with van der Waals surface area (Å²) in [5.74, 6) is -0.727. The molecule has 78 valence electrons. The van der Waals surface area contributed by atoms with E-state index in [9.17, 15) is 4.79 Å². The molecule has 0 aromatic carbocycles. The van der Waals surface area contributed by atoms with Gasteiger partial charge in [-0.1, -0.05) is 0 Å². The number of carboxylic acid groups (broad SMARTS) is 1. The number of rotatable bonds is 3. The van der Waals surface area contributed by atoms with Crippen LogP contribution in [0.2, 0.25) is 0 Å². The lowest BCUT2D eigenvalue weighted by molar-refractivity contribution is -0.138. The van der Waals surface area contributed by atoms with E-state index in [1.165, 1.54) is 0 Å². The summed E-state index contributed by atoms with van der Waals surface area (Å²) in [5.41, 5.74) is 0. The van der Waals surface area contributed by atoms with E-state index in [0.29, 0.717) is 6.04 Å². The third-order valence-electron chi connectivity index (χ3n) is 2.34. The van der Waals surface area contributed by atoms with Gasteiger partial charge in [-0.15, -0.1) is 0 Å². The van der Waals surface area contributed by atoms with E-state index in [1.54, 1.807) is 0 Å². The molecule has 5 nitrogen and oxygen atoms in total. The Labute approximate surface area is 78.2 Å². The van der Waals surface area contributed by atoms with E-state index in [2.05, 4.69) is 4.90 Å². The van der Waals surface area contributed by atoms with Crippen LogP contribution in [0.3, 0.4) is 0 Å². The van der Waals surface area contributed by atoms with Gasteiger partial charge in [0.1, 0.15) is 0 Å². The van der Waals surface area contributed by atoms with E-state index in [4.69, 9.17) is 5.11 Å². The van der Waals surface area contributed by atoms with Gasteiger partial charge in [0.25, 0.3) is 0 Å². The molecule has 0 spiro atoms. The Morgan fingerprint density at radius 3 is 2.62 bits per heavy atom. The first-order valence-electron chi connectivity index (χ1n) is 4.20. The molecular formula is C8H18N2O3. The minimum absolute atomic E-state index is 0. The molecule has 1 aliphatic heterocycles. The molecule has 1 saturated heterocycles. The van der Waals surface area contributed by atoms with Crippen LogP contribution in [-0.4, -0.2) is 66.1 Å². The first kappa shape index (κ1) is 12.3. The Kier molecular flexibility index (Phi) is 4.90. The van der Waals surface area contributed by atoms with Crippen LogP contribution in [0.5, 0.6) is 0 Å². The van der Waals surface area contributed by atoms with Crippen LogP contribution in [0.1, 0.15) is 6.42 Å². The Morgan fingerprint density at radius 1 is 1.62 bits per heavy atom. The van der Waals surface area contributed by atoms with Crippen molar-refractivity contribution in [3.05, 3.63) is 0 Å². The van der Waals surface area contributed by atoms with Crippen molar-refractivity contribution in [3.63, 3.8) is 0 Å². The molecule has 0 bridgehead atoms. The van der Waals surface area contributed by atoms with Crippen molar-refractivity contribution >= 4 is 5.97 Å². The molecule has 0 saturated carbocycles. The number of hydrogen-bond donors (Lipinski definition) is 1. The topological polar surface area (TPSA) is 75.3 Å². The zero-order valence-electron chi connectivity index (χ0n) is 8.16. The van der Waals surface area contributed by atoms with Gasteiger partial charge < -0.3 is 15.5 Å². The van der Waals surface area contributed by atoms with Crippen LogP contribution in [0.4, 0.5) is 0 Å². The Balaban J connectivity index is 0.00000144. The summed E-state index contributed by atoms with van der Waals surface area (Å²) >= 11 is 0. The fourth-order valence-electron chi connectivity index (χ4n) is 1.57. The number of likely N-dealkylation sites (tertiary alicyclic amines) is 1. The molecule has 0 radical (unpaired) electrons. The van der Waals surface area contributed by atoms with Gasteiger partial charge in [-0.25, -0.2) is 0 Å². The number of likely N-dealkylation sites (N-methyl/N-ethyl adjacent to an activating group) is 1. The molecule has 1 aliphatic rings. The molecule has 1 unspecified atom stereocenters. The van der Waals surface area contributed by atoms with Crippen molar-refractivity contribution in [3.8, 4) is 0 Å². The van der Waals surface area contributed by atoms with Gasteiger partial charge in [-0.2, -0.15) is 0 Å². The molecule has 5 heteroatoms. The van der Waals surface area contributed by atoms with E-state index in [-0.39, 0.29) is 12.0 Å². The molecule has 0 aliphatic carbocycles. The van der Waals surface area contributed by atoms with Gasteiger partial charge in [0, 0.05) is 19.1 Å². The van der Waals surface area contributed by atoms with Crippen LogP contribution < -0.4 is 0 Å². The SMILES string of the molecule is CN(C)C1CCN(CC(=O)O)C1.O. The zero-order chi connectivity index (χ0) is 9.14. The average molecular weight is 190 g/mol. The second-order valence-corrected chi connectivity index (χ2v) is 3.53. The summed E-state index contributed by atoms with van der Waals surface area (Å²) in [6, 6.07) is 0.532. The Hall–Kier alpha value is -0.650. The Bertz CT molecular complexity index is 173. The minimum atomic E-state index is -0.727. The predicted octanol–water partition coefficient (Wildman–Crippen LogP) is -1.12. The number of carboxylic acids is 1. The monoisotopic (exact) mass is 190 g/mol. The molecule has 13 heavy (non-hydrogen) atoms. The van der Waals surface area contributed by atoms with Crippen LogP contribution in [-0.2, 0) is 4.79 Å². The summed E-state index contributed by atoms with van der Waals surface area (Å²) in [5, 5.41) is 8.54. The summed E-state index contributed by atoms with van der Waals surface area (Å²) in [6.07, 6.45) is 1.08. The van der Waals surface area contributed by atoms with E-state index >= 15 is 0 Å². The fourth-order valence-corrected chi connectivity index (χ4v) is 1.57. The van der Waals surface area contributed by atoms with Gasteiger partial charge in [0.15, 0.2) is 0 Å². The highest BCUT2D eigenvalue weighted by atomic mass is 16.4. The molecular weight excluding hydrogens is 172 g/mol. The average Bonchev–Trinajstić information content (AvgIpc) is 2.34. The minimum Gasteiger partial charge on any atom is -0.480 e. The maximum Gasteiger partial charge on any atom is 0.317 e. The molecule has 1 heterocycles. The lowest BCUT2D eigenvalue weighted by Gasteiger charge is -2.19. The normalized spacial score (nSPS) is 23.2. The van der Waals surface area contributed by atoms with E-state index < -0.39 is 5.97 Å². The maximum atomic E-state index is 10.4. The van der Waals surface area contributed by atoms with Crippen molar-refractivity contribution < 1.29 is 15.4 Å². The van der Waals surface area contributed by atoms with Crippen LogP contribution >= 0.6 is 0 Å². The molecule has 1 atom stereocenters. The van der Waals surface area contributed by atoms with Crippen LogP contribution in [0, 0.1) is 0 Å². The number of aliphatic carboxylic acids is 1. The van der Waals surface area contributed by atoms with Crippen molar-refractivity contribution in [1.82, 2.24) is 9.80 Å². The van der Waals surface area contributed by atoms with Gasteiger partial charge in [0.2, 0.25) is 0 Å². The van der Waals surface area contributed by atoms with Crippen LogP contribution in [0.15, 0.2) is 0 Å². The number of nitrogens with zero attached hydrogens (tertiary/aromatic N) is 2. The van der Waals surface area contributed by atoms with Gasteiger partial charge in [-0.05, 0) is 20.5 Å². The van der Waals surface area contributed by atoms with Gasteiger partial charge >= 0.3 is 5.97 Å². The highest BCUT2D eigenvalue weighted by Gasteiger charge is 2.24. The molecule has 0 amide bonds.